The van der Waals surface area contributed by atoms with Gasteiger partial charge in [0.25, 0.3) is 0 Å². The number of hydrogen-bond donors (Lipinski definition) is 0. The molecule has 8 atom stereocenters. The largest absolute Gasteiger partial charge is 0.461 e. The summed E-state index contributed by atoms with van der Waals surface area (Å²) < 4.78 is 41.0. The van der Waals surface area contributed by atoms with E-state index >= 15 is 0 Å². The zero-order valence-electron chi connectivity index (χ0n) is 33.6. The molecule has 0 amide bonds. The molecule has 1 aromatic rings. The number of carbonyl (C=O) groups excluding carboxylic acids is 8. The van der Waals surface area contributed by atoms with Gasteiger partial charge >= 0.3 is 41.8 Å². The summed E-state index contributed by atoms with van der Waals surface area (Å²) in [6, 6.07) is 2.95. The number of hydrogen-bond acceptors (Lipinski definition) is 16. The normalized spacial score (nSPS) is 30.1. The van der Waals surface area contributed by atoms with Crippen molar-refractivity contribution in [3.05, 3.63) is 53.9 Å². The van der Waals surface area contributed by atoms with Crippen molar-refractivity contribution in [3.8, 4) is 0 Å². The number of allylic oxidation sites excluding steroid dienone is 1. The van der Waals surface area contributed by atoms with Gasteiger partial charge in [-0.15, -0.1) is 0 Å². The molecule has 16 heteroatoms. The third kappa shape index (κ3) is 10.7. The molecule has 2 aliphatic carbocycles. The Morgan fingerprint density at radius 3 is 1.96 bits per heavy atom. The molecule has 1 heterocycles. The molecule has 16 nitrogen and oxygen atoms in total. The summed E-state index contributed by atoms with van der Waals surface area (Å²) in [5.41, 5.74) is -5.53. The molecule has 0 radical (unpaired) electrons. The van der Waals surface area contributed by atoms with Gasteiger partial charge in [-0.2, -0.15) is 0 Å². The van der Waals surface area contributed by atoms with Gasteiger partial charge in [-0.05, 0) is 19.1 Å². The van der Waals surface area contributed by atoms with Gasteiger partial charge in [-0.25, -0.2) is 4.79 Å². The number of ketones is 1. The zero-order valence-corrected chi connectivity index (χ0v) is 33.6. The van der Waals surface area contributed by atoms with Crippen LogP contribution in [0.25, 0.3) is 0 Å². The summed E-state index contributed by atoms with van der Waals surface area (Å²) in [6.45, 7) is 14.0. The van der Waals surface area contributed by atoms with Crippen LogP contribution in [0.2, 0.25) is 0 Å². The maximum atomic E-state index is 14.9. The zero-order chi connectivity index (χ0) is 42.3. The summed E-state index contributed by atoms with van der Waals surface area (Å²) in [4.78, 5) is 110. The van der Waals surface area contributed by atoms with Crippen LogP contribution in [-0.2, 0) is 66.7 Å². The van der Waals surface area contributed by atoms with Gasteiger partial charge in [0.15, 0.2) is 41.4 Å². The molecule has 3 rings (SSSR count). The van der Waals surface area contributed by atoms with Gasteiger partial charge < -0.3 is 33.2 Å². The van der Waals surface area contributed by atoms with Crippen molar-refractivity contribution in [2.45, 2.75) is 118 Å². The van der Waals surface area contributed by atoms with E-state index in [4.69, 9.17) is 33.2 Å². The van der Waals surface area contributed by atoms with Crippen LogP contribution in [0.4, 0.5) is 0 Å². The van der Waals surface area contributed by atoms with Crippen molar-refractivity contribution in [1.82, 2.24) is 4.98 Å². The molecule has 306 valence electrons. The SMILES string of the molecule is CC(=O)OC/C1=C\[C@H]2[C@@H](OC(C)=O)[C@](C)(OC(C)=O)C[C@]2(OC(C)=O)C(=O)[C@H](C)/C=C/C(C)(C)[C@H](OC(=O)c2cccnc2)[C@H](OC(C)=O)[C@H]1OC(=O)C(C)C. The van der Waals surface area contributed by atoms with Crippen molar-refractivity contribution in [2.75, 3.05) is 6.61 Å². The average Bonchev–Trinajstić information content (AvgIpc) is 3.29. The maximum Gasteiger partial charge on any atom is 0.340 e. The number of nitrogens with zero attached hydrogens (tertiary/aromatic N) is 1. The fourth-order valence-electron chi connectivity index (χ4n) is 7.05. The fourth-order valence-corrected chi connectivity index (χ4v) is 7.05. The highest BCUT2D eigenvalue weighted by Crippen LogP contribution is 2.52. The van der Waals surface area contributed by atoms with E-state index in [0.717, 1.165) is 34.6 Å². The van der Waals surface area contributed by atoms with Crippen molar-refractivity contribution in [2.24, 2.45) is 23.2 Å². The molecule has 0 unspecified atom stereocenters. The van der Waals surface area contributed by atoms with Gasteiger partial charge in [-0.1, -0.05) is 52.8 Å². The van der Waals surface area contributed by atoms with E-state index in [2.05, 4.69) is 4.98 Å². The molecule has 0 spiro atoms. The lowest BCUT2D eigenvalue weighted by Gasteiger charge is -2.41. The second kappa shape index (κ2) is 18.0. The summed E-state index contributed by atoms with van der Waals surface area (Å²) in [7, 11) is 0. The monoisotopic (exact) mass is 785 g/mol. The minimum atomic E-state index is -2.24. The first kappa shape index (κ1) is 45.0. The Morgan fingerprint density at radius 1 is 0.821 bits per heavy atom. The Balaban J connectivity index is 2.60. The molecule has 2 aliphatic rings. The smallest absolute Gasteiger partial charge is 0.340 e. The van der Waals surface area contributed by atoms with E-state index in [9.17, 15) is 38.4 Å². The van der Waals surface area contributed by atoms with Crippen LogP contribution in [0.1, 0.15) is 92.9 Å². The minimum Gasteiger partial charge on any atom is -0.461 e. The van der Waals surface area contributed by atoms with Crippen LogP contribution in [0.15, 0.2) is 48.3 Å². The molecule has 1 aromatic heterocycles. The molecule has 0 bridgehead atoms. The Hall–Kier alpha value is -5.41. The number of pyridine rings is 1. The van der Waals surface area contributed by atoms with E-state index in [1.165, 1.54) is 70.4 Å². The second-order valence-corrected chi connectivity index (χ2v) is 15.1. The summed E-state index contributed by atoms with van der Waals surface area (Å²) in [5.74, 6) is -10.1. The fraction of sp³-hybridized carbons (Fsp3) is 0.575. The van der Waals surface area contributed by atoms with Gasteiger partial charge in [0, 0.05) is 70.3 Å². The molecule has 1 fully saturated rings. The Kier molecular flexibility index (Phi) is 14.5. The topological polar surface area (TPSA) is 214 Å². The Morgan fingerprint density at radius 2 is 1.45 bits per heavy atom. The van der Waals surface area contributed by atoms with Crippen molar-refractivity contribution >= 4 is 47.6 Å². The predicted octanol–water partition coefficient (Wildman–Crippen LogP) is 3.97. The van der Waals surface area contributed by atoms with Crippen LogP contribution in [0.5, 0.6) is 0 Å². The second-order valence-electron chi connectivity index (χ2n) is 15.1. The quantitative estimate of drug-likeness (QED) is 0.186. The average molecular weight is 786 g/mol. The highest BCUT2D eigenvalue weighted by atomic mass is 16.6. The number of rotatable bonds is 10. The van der Waals surface area contributed by atoms with Gasteiger partial charge in [0.05, 0.1) is 17.4 Å². The van der Waals surface area contributed by atoms with Gasteiger partial charge in [0.1, 0.15) is 6.61 Å². The van der Waals surface area contributed by atoms with E-state index in [1.54, 1.807) is 13.8 Å². The summed E-state index contributed by atoms with van der Waals surface area (Å²) in [6.07, 6.45) is -0.0268. The first-order valence-corrected chi connectivity index (χ1v) is 18.1. The van der Waals surface area contributed by atoms with Crippen molar-refractivity contribution in [1.29, 1.82) is 0 Å². The van der Waals surface area contributed by atoms with Crippen LogP contribution < -0.4 is 0 Å². The predicted molar refractivity (Wildman–Crippen MR) is 194 cm³/mol. The summed E-state index contributed by atoms with van der Waals surface area (Å²) >= 11 is 0. The lowest BCUT2D eigenvalue weighted by atomic mass is 9.75. The first-order valence-electron chi connectivity index (χ1n) is 18.1. The molecular weight excluding hydrogens is 734 g/mol. The van der Waals surface area contributed by atoms with E-state index in [-0.39, 0.29) is 11.1 Å². The lowest BCUT2D eigenvalue weighted by Crippen LogP contribution is -2.54. The van der Waals surface area contributed by atoms with Crippen LogP contribution in [0.3, 0.4) is 0 Å². The third-order valence-corrected chi connectivity index (χ3v) is 9.40. The van der Waals surface area contributed by atoms with Crippen LogP contribution in [0, 0.1) is 23.2 Å². The van der Waals surface area contributed by atoms with Crippen LogP contribution in [-0.4, -0.2) is 94.8 Å². The highest BCUT2D eigenvalue weighted by Gasteiger charge is 2.68. The molecule has 0 saturated heterocycles. The lowest BCUT2D eigenvalue weighted by molar-refractivity contribution is -0.181. The molecule has 0 aliphatic heterocycles. The number of Topliss-reactive ketones (excluding diaryl/α,β-unsaturated/α-hetero) is 1. The van der Waals surface area contributed by atoms with Crippen LogP contribution >= 0.6 is 0 Å². The molecule has 0 aromatic carbocycles. The minimum absolute atomic E-state index is 0.0287. The van der Waals surface area contributed by atoms with Crippen molar-refractivity contribution in [3.63, 3.8) is 0 Å². The number of esters is 7. The molecule has 1 saturated carbocycles. The molecule has 0 N–H and O–H groups in total. The molecular formula is C40H51NO15. The van der Waals surface area contributed by atoms with Crippen molar-refractivity contribution < 1.29 is 71.5 Å². The number of fused-ring (bicyclic) bond motifs is 1. The number of aromatic nitrogens is 1. The number of carbonyl (C=O) groups is 8. The first-order chi connectivity index (χ1) is 25.9. The summed E-state index contributed by atoms with van der Waals surface area (Å²) in [5, 5.41) is 0. The maximum absolute atomic E-state index is 14.9. The Labute approximate surface area is 325 Å². The standard InChI is InChI=1S/C40H51NO15/c1-21(2)36(48)53-31-29(19-50-23(4)42)17-30-34(52-25(6)44)39(11,55-26(7)45)20-40(30,56-27(8)46)33(47)22(3)14-15-38(9,10)35(32(31)51-24(5)43)54-37(49)28-13-12-16-41-18-28/h12-18,21-22,30-32,34-35H,19-20H2,1-11H3/b15-14+,29-17+/t22-,30+,31+,32-,34-,35-,39-,40-/m1/s1. The van der Waals surface area contributed by atoms with E-state index in [1.807, 2.05) is 0 Å². The van der Waals surface area contributed by atoms with E-state index < -0.39 is 119 Å². The number of ether oxygens (including phenoxy) is 7. The van der Waals surface area contributed by atoms with Gasteiger partial charge in [-0.3, -0.25) is 38.5 Å². The third-order valence-electron chi connectivity index (χ3n) is 9.40. The van der Waals surface area contributed by atoms with Gasteiger partial charge in [0.2, 0.25) is 0 Å². The van der Waals surface area contributed by atoms with E-state index in [0.29, 0.717) is 0 Å². The highest BCUT2D eigenvalue weighted by molar-refractivity contribution is 5.94. The Bertz CT molecular complexity index is 1760. The molecule has 56 heavy (non-hydrogen) atoms.